The van der Waals surface area contributed by atoms with E-state index in [9.17, 15) is 14.4 Å². The van der Waals surface area contributed by atoms with Crippen molar-refractivity contribution in [2.45, 2.75) is 43.7 Å². The molecule has 0 aliphatic heterocycles. The Bertz CT molecular complexity index is 1010. The first-order valence-electron chi connectivity index (χ1n) is 11.6. The molecule has 34 heavy (non-hydrogen) atoms. The van der Waals surface area contributed by atoms with Crippen LogP contribution in [0.2, 0.25) is 0 Å². The van der Waals surface area contributed by atoms with E-state index in [1.54, 1.807) is 0 Å². The van der Waals surface area contributed by atoms with Gasteiger partial charge in [0.15, 0.2) is 6.10 Å². The number of alkyl carbamates (subject to hydrolysis) is 1. The molecule has 1 fully saturated rings. The Kier molecular flexibility index (Phi) is 7.47. The minimum absolute atomic E-state index is 0.00834. The summed E-state index contributed by atoms with van der Waals surface area (Å²) in [5, 5.41) is 14.6. The topological polar surface area (TPSA) is 114 Å². The van der Waals surface area contributed by atoms with Crippen molar-refractivity contribution >= 4 is 18.0 Å². The van der Waals surface area contributed by atoms with Crippen LogP contribution in [-0.2, 0) is 19.1 Å². The Labute approximate surface area is 198 Å². The van der Waals surface area contributed by atoms with E-state index in [-0.39, 0.29) is 36.9 Å². The van der Waals surface area contributed by atoms with Crippen molar-refractivity contribution in [1.29, 1.82) is 0 Å². The standard InChI is InChI=1S/C26H30N2O6/c1-33-23(25(30)31)14-27-24(29)16-7-6-8-17(13-16)28-26(32)34-15-22-20-11-4-2-9-18(20)19-10-3-5-12-21(19)22/h2-5,9-12,16-17,22-23H,6-8,13-15H2,1H3,(H,27,29)(H,28,32)(H,30,31). The van der Waals surface area contributed by atoms with E-state index in [1.165, 1.54) is 18.2 Å². The number of methoxy groups -OCH3 is 1. The van der Waals surface area contributed by atoms with Gasteiger partial charge in [0, 0.05) is 25.0 Å². The Morgan fingerprint density at radius 3 is 2.29 bits per heavy atom. The largest absolute Gasteiger partial charge is 0.479 e. The van der Waals surface area contributed by atoms with E-state index in [2.05, 4.69) is 34.9 Å². The molecule has 1 saturated carbocycles. The fraction of sp³-hybridized carbons (Fsp3) is 0.423. The third-order valence-electron chi connectivity index (χ3n) is 6.73. The summed E-state index contributed by atoms with van der Waals surface area (Å²) >= 11 is 0. The normalized spacial score (nSPS) is 20.0. The number of ether oxygens (including phenoxy) is 2. The van der Waals surface area contributed by atoms with Gasteiger partial charge in [0.2, 0.25) is 5.91 Å². The number of fused-ring (bicyclic) bond motifs is 3. The lowest BCUT2D eigenvalue weighted by atomic mass is 9.85. The Morgan fingerprint density at radius 2 is 1.68 bits per heavy atom. The quantitative estimate of drug-likeness (QED) is 0.550. The van der Waals surface area contributed by atoms with Crippen molar-refractivity contribution in [3.8, 4) is 11.1 Å². The second kappa shape index (κ2) is 10.7. The lowest BCUT2D eigenvalue weighted by Crippen LogP contribution is -2.45. The summed E-state index contributed by atoms with van der Waals surface area (Å²) in [6, 6.07) is 16.2. The molecule has 0 aromatic heterocycles. The smallest absolute Gasteiger partial charge is 0.407 e. The van der Waals surface area contributed by atoms with Crippen LogP contribution in [0.25, 0.3) is 11.1 Å². The van der Waals surface area contributed by atoms with Crippen molar-refractivity contribution in [3.05, 3.63) is 59.7 Å². The number of carbonyl (C=O) groups excluding carboxylic acids is 2. The first-order valence-corrected chi connectivity index (χ1v) is 11.6. The summed E-state index contributed by atoms with van der Waals surface area (Å²) in [4.78, 5) is 36.1. The number of hydrogen-bond acceptors (Lipinski definition) is 5. The molecule has 180 valence electrons. The van der Waals surface area contributed by atoms with E-state index >= 15 is 0 Å². The van der Waals surface area contributed by atoms with Crippen molar-refractivity contribution in [2.75, 3.05) is 20.3 Å². The summed E-state index contributed by atoms with van der Waals surface area (Å²) in [6.45, 7) is 0.149. The Morgan fingerprint density at radius 1 is 1.03 bits per heavy atom. The second-order valence-corrected chi connectivity index (χ2v) is 8.84. The maximum Gasteiger partial charge on any atom is 0.407 e. The lowest BCUT2D eigenvalue weighted by molar-refractivity contribution is -0.148. The monoisotopic (exact) mass is 466 g/mol. The van der Waals surface area contributed by atoms with E-state index < -0.39 is 18.2 Å². The summed E-state index contributed by atoms with van der Waals surface area (Å²) < 4.78 is 10.5. The number of carbonyl (C=O) groups is 3. The number of hydrogen-bond donors (Lipinski definition) is 3. The molecule has 0 radical (unpaired) electrons. The summed E-state index contributed by atoms with van der Waals surface area (Å²) in [5.74, 6) is -1.64. The van der Waals surface area contributed by atoms with Gasteiger partial charge in [-0.3, -0.25) is 4.79 Å². The fourth-order valence-electron chi connectivity index (χ4n) is 4.97. The Hall–Kier alpha value is -3.39. The minimum Gasteiger partial charge on any atom is -0.479 e. The van der Waals surface area contributed by atoms with Gasteiger partial charge in [0.05, 0.1) is 6.54 Å². The van der Waals surface area contributed by atoms with Crippen LogP contribution < -0.4 is 10.6 Å². The van der Waals surface area contributed by atoms with Crippen LogP contribution in [0.5, 0.6) is 0 Å². The van der Waals surface area contributed by atoms with Gasteiger partial charge in [0.1, 0.15) is 6.61 Å². The predicted octanol–water partition coefficient (Wildman–Crippen LogP) is 3.30. The van der Waals surface area contributed by atoms with Crippen LogP contribution in [-0.4, -0.2) is 55.5 Å². The molecule has 3 N–H and O–H groups in total. The number of benzene rings is 2. The molecular weight excluding hydrogens is 436 g/mol. The highest BCUT2D eigenvalue weighted by atomic mass is 16.5. The highest BCUT2D eigenvalue weighted by molar-refractivity contribution is 5.81. The molecule has 0 bridgehead atoms. The molecule has 2 aromatic rings. The highest BCUT2D eigenvalue weighted by Gasteiger charge is 2.31. The molecule has 8 heteroatoms. The predicted molar refractivity (Wildman–Crippen MR) is 125 cm³/mol. The van der Waals surface area contributed by atoms with Gasteiger partial charge in [0.25, 0.3) is 0 Å². The fourth-order valence-corrected chi connectivity index (χ4v) is 4.97. The third kappa shape index (κ3) is 5.22. The summed E-state index contributed by atoms with van der Waals surface area (Å²) in [7, 11) is 1.29. The number of amides is 2. The zero-order valence-electron chi connectivity index (χ0n) is 19.2. The van der Waals surface area contributed by atoms with Gasteiger partial charge in [-0.05, 0) is 41.5 Å². The molecule has 8 nitrogen and oxygen atoms in total. The van der Waals surface area contributed by atoms with Gasteiger partial charge in [-0.25, -0.2) is 9.59 Å². The summed E-state index contributed by atoms with van der Waals surface area (Å²) in [6.07, 6.45) is 1.17. The van der Waals surface area contributed by atoms with Crippen molar-refractivity contribution in [2.24, 2.45) is 5.92 Å². The van der Waals surface area contributed by atoms with E-state index in [0.29, 0.717) is 12.8 Å². The van der Waals surface area contributed by atoms with E-state index in [0.717, 1.165) is 24.0 Å². The molecular formula is C26H30N2O6. The summed E-state index contributed by atoms with van der Waals surface area (Å²) in [5.41, 5.74) is 4.65. The highest BCUT2D eigenvalue weighted by Crippen LogP contribution is 2.44. The maximum absolute atomic E-state index is 12.6. The SMILES string of the molecule is COC(CNC(=O)C1CCCC(NC(=O)OCC2c3ccccc3-c3ccccc32)C1)C(=O)O. The number of carboxylic acid groups (broad SMARTS) is 1. The molecule has 2 amide bonds. The number of carboxylic acids is 1. The lowest BCUT2D eigenvalue weighted by Gasteiger charge is -2.29. The van der Waals surface area contributed by atoms with Gasteiger partial charge in [-0.1, -0.05) is 55.0 Å². The van der Waals surface area contributed by atoms with Gasteiger partial charge in [-0.15, -0.1) is 0 Å². The van der Waals surface area contributed by atoms with Crippen molar-refractivity contribution in [3.63, 3.8) is 0 Å². The molecule has 0 saturated heterocycles. The van der Waals surface area contributed by atoms with E-state index in [1.807, 2.05) is 24.3 Å². The van der Waals surface area contributed by atoms with E-state index in [4.69, 9.17) is 14.6 Å². The van der Waals surface area contributed by atoms with Crippen molar-refractivity contribution < 1.29 is 29.0 Å². The van der Waals surface area contributed by atoms with Crippen LogP contribution in [0.3, 0.4) is 0 Å². The maximum atomic E-state index is 12.6. The van der Waals surface area contributed by atoms with Crippen LogP contribution in [0.15, 0.2) is 48.5 Å². The van der Waals surface area contributed by atoms with Crippen LogP contribution in [0, 0.1) is 5.92 Å². The van der Waals surface area contributed by atoms with Crippen molar-refractivity contribution in [1.82, 2.24) is 10.6 Å². The molecule has 2 aliphatic carbocycles. The molecule has 2 aliphatic rings. The molecule has 4 rings (SSSR count). The molecule has 3 atom stereocenters. The Balaban J connectivity index is 1.29. The average molecular weight is 467 g/mol. The number of rotatable bonds is 8. The van der Waals surface area contributed by atoms with Crippen LogP contribution in [0.4, 0.5) is 4.79 Å². The van der Waals surface area contributed by atoms with Gasteiger partial charge < -0.3 is 25.2 Å². The van der Waals surface area contributed by atoms with Crippen LogP contribution in [0.1, 0.15) is 42.7 Å². The zero-order valence-corrected chi connectivity index (χ0v) is 19.2. The minimum atomic E-state index is -1.12. The van der Waals surface area contributed by atoms with Gasteiger partial charge in [-0.2, -0.15) is 0 Å². The molecule has 3 unspecified atom stereocenters. The average Bonchev–Trinajstić information content (AvgIpc) is 3.16. The first kappa shape index (κ1) is 23.8. The number of aliphatic carboxylic acids is 1. The second-order valence-electron chi connectivity index (χ2n) is 8.84. The molecule has 0 spiro atoms. The molecule has 2 aromatic carbocycles. The van der Waals surface area contributed by atoms with Crippen LogP contribution >= 0.6 is 0 Å². The number of nitrogens with one attached hydrogen (secondary N) is 2. The zero-order chi connectivity index (χ0) is 24.1. The molecule has 0 heterocycles. The first-order chi connectivity index (χ1) is 16.5. The third-order valence-corrected chi connectivity index (χ3v) is 6.73. The van der Waals surface area contributed by atoms with Gasteiger partial charge >= 0.3 is 12.1 Å².